The zero-order chi connectivity index (χ0) is 12.1. The van der Waals surface area contributed by atoms with Crippen LogP contribution in [0.3, 0.4) is 0 Å². The fraction of sp³-hybridized carbons (Fsp3) is 0.273. The van der Waals surface area contributed by atoms with E-state index in [9.17, 15) is 4.79 Å². The molecule has 1 heterocycles. The van der Waals surface area contributed by atoms with Gasteiger partial charge in [-0.3, -0.25) is 4.79 Å². The first-order valence-corrected chi connectivity index (χ1v) is 6.17. The molecule has 0 radical (unpaired) electrons. The summed E-state index contributed by atoms with van der Waals surface area (Å²) in [6.45, 7) is 4.39. The van der Waals surface area contributed by atoms with Crippen LogP contribution in [-0.4, -0.2) is 22.8 Å². The molecule has 0 unspecified atom stereocenters. The monoisotopic (exact) mass is 254 g/mol. The average molecular weight is 254 g/mol. The van der Waals surface area contributed by atoms with E-state index in [4.69, 9.17) is 18.0 Å². The predicted molar refractivity (Wildman–Crippen MR) is 72.3 cm³/mol. The van der Waals surface area contributed by atoms with Crippen molar-refractivity contribution >= 4 is 41.0 Å². The Kier molecular flexibility index (Phi) is 4.64. The van der Waals surface area contributed by atoms with E-state index in [1.165, 1.54) is 15.3 Å². The molecule has 0 saturated carbocycles. The molecule has 0 saturated heterocycles. The fourth-order valence-electron chi connectivity index (χ4n) is 1.18. The zero-order valence-corrected chi connectivity index (χ0v) is 10.9. The van der Waals surface area contributed by atoms with E-state index in [2.05, 4.69) is 0 Å². The van der Waals surface area contributed by atoms with Crippen molar-refractivity contribution in [1.82, 2.24) is 4.90 Å². The normalized spacial score (nSPS) is 11.2. The SMILES string of the molecule is CCN(C=S)C(=O)/C(N)=C/c1ccc(C)s1. The molecular weight excluding hydrogens is 240 g/mol. The van der Waals surface area contributed by atoms with Crippen LogP contribution in [0.15, 0.2) is 17.8 Å². The minimum absolute atomic E-state index is 0.213. The molecule has 0 aliphatic rings. The van der Waals surface area contributed by atoms with Gasteiger partial charge >= 0.3 is 0 Å². The van der Waals surface area contributed by atoms with Gasteiger partial charge in [0.2, 0.25) is 0 Å². The molecular formula is C11H14N2OS2. The number of amides is 1. The lowest BCUT2D eigenvalue weighted by molar-refractivity contribution is -0.123. The predicted octanol–water partition coefficient (Wildman–Crippen LogP) is 2.16. The Hall–Kier alpha value is -1.20. The number of hydrogen-bond acceptors (Lipinski definition) is 4. The molecule has 1 aromatic heterocycles. The van der Waals surface area contributed by atoms with Gasteiger partial charge < -0.3 is 10.6 Å². The van der Waals surface area contributed by atoms with Crippen molar-refractivity contribution in [1.29, 1.82) is 0 Å². The maximum atomic E-state index is 11.8. The smallest absolute Gasteiger partial charge is 0.274 e. The summed E-state index contributed by atoms with van der Waals surface area (Å²) in [5, 5.41) is 0. The summed E-state index contributed by atoms with van der Waals surface area (Å²) in [4.78, 5) is 15.3. The van der Waals surface area contributed by atoms with Crippen LogP contribution in [0, 0.1) is 6.92 Å². The molecule has 86 valence electrons. The summed E-state index contributed by atoms with van der Waals surface area (Å²) in [6.07, 6.45) is 1.68. The minimum Gasteiger partial charge on any atom is -0.394 e. The van der Waals surface area contributed by atoms with Gasteiger partial charge in [0.15, 0.2) is 0 Å². The van der Waals surface area contributed by atoms with Crippen molar-refractivity contribution in [3.05, 3.63) is 27.6 Å². The molecule has 1 aromatic rings. The van der Waals surface area contributed by atoms with Crippen LogP contribution in [0.1, 0.15) is 16.7 Å². The lowest BCUT2D eigenvalue weighted by atomic mass is 10.3. The summed E-state index contributed by atoms with van der Waals surface area (Å²) in [6, 6.07) is 3.93. The molecule has 3 nitrogen and oxygen atoms in total. The molecule has 0 aliphatic carbocycles. The lowest BCUT2D eigenvalue weighted by Gasteiger charge is -2.13. The van der Waals surface area contributed by atoms with Crippen molar-refractivity contribution in [3.63, 3.8) is 0 Å². The summed E-state index contributed by atoms with van der Waals surface area (Å²) >= 11 is 6.33. The number of thiophene rings is 1. The minimum atomic E-state index is -0.247. The van der Waals surface area contributed by atoms with Crippen LogP contribution < -0.4 is 5.73 Å². The second-order valence-corrected chi connectivity index (χ2v) is 4.77. The topological polar surface area (TPSA) is 46.3 Å². The Bertz CT molecular complexity index is 423. The number of hydrogen-bond donors (Lipinski definition) is 1. The number of carbonyl (C=O) groups is 1. The molecule has 0 spiro atoms. The Balaban J connectivity index is 2.84. The number of likely N-dealkylation sites (N-methyl/N-ethyl adjacent to an activating group) is 1. The van der Waals surface area contributed by atoms with Gasteiger partial charge in [-0.2, -0.15) is 0 Å². The largest absolute Gasteiger partial charge is 0.394 e. The Morgan fingerprint density at radius 2 is 2.31 bits per heavy atom. The van der Waals surface area contributed by atoms with Gasteiger partial charge in [0.1, 0.15) is 0 Å². The van der Waals surface area contributed by atoms with Gasteiger partial charge in [-0.15, -0.1) is 11.3 Å². The van der Waals surface area contributed by atoms with Crippen LogP contribution in [0.5, 0.6) is 0 Å². The van der Waals surface area contributed by atoms with Gasteiger partial charge in [0.05, 0.1) is 11.2 Å². The number of nitrogens with zero attached hydrogens (tertiary/aromatic N) is 1. The third-order valence-electron chi connectivity index (χ3n) is 2.03. The first-order valence-electron chi connectivity index (χ1n) is 4.88. The van der Waals surface area contributed by atoms with Gasteiger partial charge in [-0.1, -0.05) is 12.2 Å². The Morgan fingerprint density at radius 3 is 2.75 bits per heavy atom. The average Bonchev–Trinajstić information content (AvgIpc) is 2.65. The number of thiocarbonyl (C=S) groups is 1. The van der Waals surface area contributed by atoms with E-state index in [-0.39, 0.29) is 11.6 Å². The summed E-state index contributed by atoms with van der Waals surface area (Å²) in [5.41, 5.74) is 7.26. The molecule has 0 fully saturated rings. The first-order chi connectivity index (χ1) is 7.58. The van der Waals surface area contributed by atoms with Gasteiger partial charge in [-0.05, 0) is 32.1 Å². The van der Waals surface area contributed by atoms with E-state index < -0.39 is 0 Å². The maximum absolute atomic E-state index is 11.8. The molecule has 5 heteroatoms. The zero-order valence-electron chi connectivity index (χ0n) is 9.27. The van der Waals surface area contributed by atoms with Gasteiger partial charge in [0.25, 0.3) is 5.91 Å². The molecule has 0 atom stereocenters. The second-order valence-electron chi connectivity index (χ2n) is 3.24. The molecule has 1 amide bonds. The van der Waals surface area contributed by atoms with Crippen LogP contribution >= 0.6 is 23.6 Å². The van der Waals surface area contributed by atoms with Gasteiger partial charge in [0, 0.05) is 16.3 Å². The summed E-state index contributed by atoms with van der Waals surface area (Å²) in [7, 11) is 0. The molecule has 1 rings (SSSR count). The summed E-state index contributed by atoms with van der Waals surface area (Å²) in [5.74, 6) is -0.247. The van der Waals surface area contributed by atoms with E-state index in [1.807, 2.05) is 26.0 Å². The van der Waals surface area contributed by atoms with E-state index in [0.717, 1.165) is 4.88 Å². The number of aryl methyl sites for hydroxylation is 1. The summed E-state index contributed by atoms with van der Waals surface area (Å²) < 4.78 is 0. The molecule has 2 N–H and O–H groups in total. The van der Waals surface area contributed by atoms with Crippen LogP contribution in [0.25, 0.3) is 6.08 Å². The Labute approximate surface area is 105 Å². The highest BCUT2D eigenvalue weighted by molar-refractivity contribution is 7.78. The highest BCUT2D eigenvalue weighted by Crippen LogP contribution is 2.17. The highest BCUT2D eigenvalue weighted by Gasteiger charge is 2.11. The van der Waals surface area contributed by atoms with Gasteiger partial charge in [-0.25, -0.2) is 0 Å². The van der Waals surface area contributed by atoms with E-state index in [0.29, 0.717) is 6.54 Å². The quantitative estimate of drug-likeness (QED) is 0.661. The second kappa shape index (κ2) is 5.77. The number of nitrogens with two attached hydrogens (primary N) is 1. The van der Waals surface area contributed by atoms with Crippen molar-refractivity contribution in [2.45, 2.75) is 13.8 Å². The lowest BCUT2D eigenvalue weighted by Crippen LogP contribution is -2.32. The first kappa shape index (κ1) is 12.9. The van der Waals surface area contributed by atoms with Crippen molar-refractivity contribution < 1.29 is 4.79 Å². The van der Waals surface area contributed by atoms with Crippen molar-refractivity contribution in [2.75, 3.05) is 6.54 Å². The molecule has 16 heavy (non-hydrogen) atoms. The fourth-order valence-corrected chi connectivity index (χ4v) is 2.25. The third-order valence-corrected chi connectivity index (χ3v) is 3.24. The highest BCUT2D eigenvalue weighted by atomic mass is 32.1. The third kappa shape index (κ3) is 3.15. The molecule has 0 bridgehead atoms. The number of carbonyl (C=O) groups excluding carboxylic acids is 1. The van der Waals surface area contributed by atoms with Crippen molar-refractivity contribution in [2.24, 2.45) is 5.73 Å². The standard InChI is InChI=1S/C11H14N2OS2/c1-3-13(7-15)11(14)10(12)6-9-5-4-8(2)16-9/h4-7H,3,12H2,1-2H3/b10-6-. The van der Waals surface area contributed by atoms with Crippen LogP contribution in [0.2, 0.25) is 0 Å². The van der Waals surface area contributed by atoms with E-state index in [1.54, 1.807) is 17.4 Å². The van der Waals surface area contributed by atoms with Crippen molar-refractivity contribution in [3.8, 4) is 0 Å². The van der Waals surface area contributed by atoms with Crippen LogP contribution in [-0.2, 0) is 4.79 Å². The van der Waals surface area contributed by atoms with E-state index >= 15 is 0 Å². The molecule has 0 aromatic carbocycles. The number of rotatable bonds is 4. The Morgan fingerprint density at radius 1 is 1.62 bits per heavy atom. The van der Waals surface area contributed by atoms with Crippen LogP contribution in [0.4, 0.5) is 0 Å². The maximum Gasteiger partial charge on any atom is 0.274 e. The molecule has 0 aliphatic heterocycles.